The summed E-state index contributed by atoms with van der Waals surface area (Å²) in [5, 5.41) is 11.8. The molecule has 0 bridgehead atoms. The van der Waals surface area contributed by atoms with Gasteiger partial charge in [0.15, 0.2) is 0 Å². The zero-order valence-corrected chi connectivity index (χ0v) is 13.2. The Morgan fingerprint density at radius 3 is 2.65 bits per heavy atom. The molecule has 0 atom stereocenters. The lowest BCUT2D eigenvalue weighted by Crippen LogP contribution is -2.06. The molecular weight excluding hydrogens is 370 g/mol. The Labute approximate surface area is 136 Å². The van der Waals surface area contributed by atoms with Crippen molar-refractivity contribution in [2.75, 3.05) is 7.11 Å². The summed E-state index contributed by atoms with van der Waals surface area (Å²) in [6.07, 6.45) is 0. The number of esters is 1. The average Bonchev–Trinajstić information content (AvgIpc) is 2.53. The number of hydrogen-bond donors (Lipinski definition) is 0. The van der Waals surface area contributed by atoms with Crippen molar-refractivity contribution < 1.29 is 18.9 Å². The molecule has 7 nitrogen and oxygen atoms in total. The second kappa shape index (κ2) is 5.47. The van der Waals surface area contributed by atoms with Crippen molar-refractivity contribution in [1.29, 1.82) is 0 Å². The van der Waals surface area contributed by atoms with Crippen LogP contribution in [0.25, 0.3) is 21.7 Å². The molecule has 0 aliphatic heterocycles. The second-order valence-corrected chi connectivity index (χ2v) is 5.43. The van der Waals surface area contributed by atoms with E-state index >= 15 is 0 Å². The van der Waals surface area contributed by atoms with Crippen molar-refractivity contribution in [3.8, 4) is 0 Å². The number of fused-ring (bicyclic) bond motifs is 3. The Bertz CT molecular complexity index is 1040. The molecule has 0 aliphatic rings. The largest absolute Gasteiger partial charge is 0.465 e. The van der Waals surface area contributed by atoms with Crippen molar-refractivity contribution in [2.24, 2.45) is 0 Å². The summed E-state index contributed by atoms with van der Waals surface area (Å²) in [5.41, 5.74) is -0.588. The average molecular weight is 378 g/mol. The van der Waals surface area contributed by atoms with Gasteiger partial charge >= 0.3 is 11.6 Å². The SMILES string of the molecule is COC(=O)c1cccc2oc(=O)c3c(Br)c([N+](=O)[O-])ccc3c12. The number of nitro groups is 1. The van der Waals surface area contributed by atoms with Crippen LogP contribution in [-0.2, 0) is 4.74 Å². The van der Waals surface area contributed by atoms with E-state index in [0.29, 0.717) is 10.8 Å². The summed E-state index contributed by atoms with van der Waals surface area (Å²) in [6, 6.07) is 7.31. The maximum absolute atomic E-state index is 12.2. The summed E-state index contributed by atoms with van der Waals surface area (Å²) < 4.78 is 9.96. The van der Waals surface area contributed by atoms with Gasteiger partial charge in [-0.15, -0.1) is 0 Å². The van der Waals surface area contributed by atoms with E-state index in [9.17, 15) is 19.7 Å². The number of nitro benzene ring substituents is 1. The molecule has 0 saturated heterocycles. The van der Waals surface area contributed by atoms with E-state index in [4.69, 9.17) is 9.15 Å². The summed E-state index contributed by atoms with van der Waals surface area (Å²) in [4.78, 5) is 34.6. The predicted octanol–water partition coefficient (Wildman–Crippen LogP) is 3.40. The van der Waals surface area contributed by atoms with Crippen LogP contribution in [0.2, 0.25) is 0 Å². The highest BCUT2D eigenvalue weighted by atomic mass is 79.9. The van der Waals surface area contributed by atoms with Crippen LogP contribution in [-0.4, -0.2) is 18.0 Å². The Morgan fingerprint density at radius 2 is 2.00 bits per heavy atom. The number of carbonyl (C=O) groups excluding carboxylic acids is 1. The Balaban J connectivity index is 2.57. The van der Waals surface area contributed by atoms with Gasteiger partial charge in [0.2, 0.25) is 0 Å². The molecule has 23 heavy (non-hydrogen) atoms. The quantitative estimate of drug-likeness (QED) is 0.223. The molecule has 0 radical (unpaired) electrons. The highest BCUT2D eigenvalue weighted by Gasteiger charge is 2.22. The van der Waals surface area contributed by atoms with E-state index in [2.05, 4.69) is 15.9 Å². The zero-order chi connectivity index (χ0) is 16.7. The number of carbonyl (C=O) groups is 1. The van der Waals surface area contributed by atoms with E-state index in [1.807, 2.05) is 0 Å². The smallest absolute Gasteiger partial charge is 0.345 e. The maximum Gasteiger partial charge on any atom is 0.345 e. The number of hydrogen-bond acceptors (Lipinski definition) is 6. The van der Waals surface area contributed by atoms with Gasteiger partial charge in [-0.1, -0.05) is 6.07 Å². The van der Waals surface area contributed by atoms with Gasteiger partial charge in [-0.2, -0.15) is 0 Å². The fourth-order valence-corrected chi connectivity index (χ4v) is 3.09. The maximum atomic E-state index is 12.2. The fourth-order valence-electron chi connectivity index (χ4n) is 2.44. The van der Waals surface area contributed by atoms with Gasteiger partial charge in [-0.3, -0.25) is 10.1 Å². The van der Waals surface area contributed by atoms with Gasteiger partial charge in [0.25, 0.3) is 5.69 Å². The standard InChI is InChI=1S/C15H8BrNO6/c1-22-14(18)8-3-2-4-10-11(8)7-5-6-9(17(20)21)13(16)12(7)15(19)23-10/h2-6H,1H3. The van der Waals surface area contributed by atoms with E-state index in [-0.39, 0.29) is 26.7 Å². The van der Waals surface area contributed by atoms with Crippen LogP contribution < -0.4 is 5.63 Å². The van der Waals surface area contributed by atoms with E-state index in [1.165, 1.54) is 31.4 Å². The lowest BCUT2D eigenvalue weighted by atomic mass is 10.0. The number of rotatable bonds is 2. The third-order valence-corrected chi connectivity index (χ3v) is 4.23. The van der Waals surface area contributed by atoms with Crippen molar-refractivity contribution in [3.63, 3.8) is 0 Å². The molecule has 0 fully saturated rings. The minimum Gasteiger partial charge on any atom is -0.465 e. The molecule has 2 aromatic carbocycles. The van der Waals surface area contributed by atoms with Crippen LogP contribution in [0.15, 0.2) is 44.0 Å². The molecule has 3 rings (SSSR count). The lowest BCUT2D eigenvalue weighted by Gasteiger charge is -2.08. The summed E-state index contributed by atoms with van der Waals surface area (Å²) in [6.45, 7) is 0. The Morgan fingerprint density at radius 1 is 1.26 bits per heavy atom. The third kappa shape index (κ3) is 2.27. The predicted molar refractivity (Wildman–Crippen MR) is 85.7 cm³/mol. The highest BCUT2D eigenvalue weighted by Crippen LogP contribution is 2.35. The molecular formula is C15H8BrNO6. The molecule has 1 aromatic heterocycles. The van der Waals surface area contributed by atoms with Crippen LogP contribution in [0.1, 0.15) is 10.4 Å². The van der Waals surface area contributed by atoms with Crippen LogP contribution in [0.3, 0.4) is 0 Å². The van der Waals surface area contributed by atoms with Crippen LogP contribution in [0.5, 0.6) is 0 Å². The monoisotopic (exact) mass is 377 g/mol. The Kier molecular flexibility index (Phi) is 3.61. The molecule has 0 aliphatic carbocycles. The lowest BCUT2D eigenvalue weighted by molar-refractivity contribution is -0.385. The first-order valence-electron chi connectivity index (χ1n) is 6.36. The van der Waals surface area contributed by atoms with Crippen LogP contribution >= 0.6 is 15.9 Å². The van der Waals surface area contributed by atoms with E-state index < -0.39 is 16.5 Å². The van der Waals surface area contributed by atoms with Crippen molar-refractivity contribution in [1.82, 2.24) is 0 Å². The van der Waals surface area contributed by atoms with Crippen molar-refractivity contribution in [3.05, 3.63) is 60.9 Å². The Hall–Kier alpha value is -2.74. The molecule has 0 N–H and O–H groups in total. The van der Waals surface area contributed by atoms with Gasteiger partial charge in [-0.25, -0.2) is 9.59 Å². The third-order valence-electron chi connectivity index (χ3n) is 3.43. The molecule has 1 heterocycles. The number of benzene rings is 2. The summed E-state index contributed by atoms with van der Waals surface area (Å²) >= 11 is 3.08. The van der Waals surface area contributed by atoms with Gasteiger partial charge < -0.3 is 9.15 Å². The molecule has 8 heteroatoms. The molecule has 3 aromatic rings. The second-order valence-electron chi connectivity index (χ2n) is 4.64. The van der Waals surface area contributed by atoms with Crippen LogP contribution in [0.4, 0.5) is 5.69 Å². The van der Waals surface area contributed by atoms with Gasteiger partial charge in [0.1, 0.15) is 10.1 Å². The van der Waals surface area contributed by atoms with Gasteiger partial charge in [0.05, 0.1) is 23.0 Å². The van der Waals surface area contributed by atoms with Crippen molar-refractivity contribution in [2.45, 2.75) is 0 Å². The van der Waals surface area contributed by atoms with Crippen molar-refractivity contribution >= 4 is 49.3 Å². The van der Waals surface area contributed by atoms with E-state index in [0.717, 1.165) is 0 Å². The zero-order valence-electron chi connectivity index (χ0n) is 11.7. The van der Waals surface area contributed by atoms with Crippen LogP contribution in [0, 0.1) is 10.1 Å². The number of halogens is 1. The molecule has 0 saturated carbocycles. The first-order valence-corrected chi connectivity index (χ1v) is 7.15. The number of ether oxygens (including phenoxy) is 1. The first-order chi connectivity index (χ1) is 11.0. The molecule has 116 valence electrons. The molecule has 0 amide bonds. The van der Waals surface area contributed by atoms with Gasteiger partial charge in [-0.05, 0) is 34.1 Å². The number of nitrogens with zero attached hydrogens (tertiary/aromatic N) is 1. The minimum atomic E-state index is -0.731. The topological polar surface area (TPSA) is 99.7 Å². The fraction of sp³-hybridized carbons (Fsp3) is 0.0667. The normalized spacial score (nSPS) is 10.9. The number of methoxy groups -OCH3 is 1. The molecule has 0 unspecified atom stereocenters. The highest BCUT2D eigenvalue weighted by molar-refractivity contribution is 9.10. The van der Waals surface area contributed by atoms with Gasteiger partial charge in [0, 0.05) is 16.8 Å². The molecule has 0 spiro atoms. The minimum absolute atomic E-state index is 0.00283. The first kappa shape index (κ1) is 15.2. The summed E-state index contributed by atoms with van der Waals surface area (Å²) in [7, 11) is 1.24. The van der Waals surface area contributed by atoms with E-state index in [1.54, 1.807) is 6.07 Å². The summed E-state index contributed by atoms with van der Waals surface area (Å²) in [5.74, 6) is -0.597.